The third-order valence-corrected chi connectivity index (χ3v) is 21.1. The highest BCUT2D eigenvalue weighted by Gasteiger charge is 2.32. The van der Waals surface area contributed by atoms with Gasteiger partial charge in [-0.2, -0.15) is 0 Å². The second-order valence-corrected chi connectivity index (χ2v) is 23.1. The summed E-state index contributed by atoms with van der Waals surface area (Å²) >= 11 is 0. The van der Waals surface area contributed by atoms with Crippen molar-refractivity contribution >= 4 is 59.2 Å². The molecule has 5 rings (SSSR count). The summed E-state index contributed by atoms with van der Waals surface area (Å²) in [7, 11) is -3.37. The van der Waals surface area contributed by atoms with Gasteiger partial charge in [-0.05, 0) is 127 Å². The lowest BCUT2D eigenvalue weighted by Crippen LogP contribution is -2.34. The van der Waals surface area contributed by atoms with E-state index in [0.29, 0.717) is 11.1 Å². The van der Waals surface area contributed by atoms with Gasteiger partial charge in [0.2, 0.25) is 0 Å². The van der Waals surface area contributed by atoms with Crippen molar-refractivity contribution in [3.8, 4) is 22.9 Å². The molecule has 0 aliphatic carbocycles. The van der Waals surface area contributed by atoms with Crippen molar-refractivity contribution in [1.82, 2.24) is 0 Å². The molecule has 0 N–H and O–H groups in total. The van der Waals surface area contributed by atoms with Crippen molar-refractivity contribution < 1.29 is 0 Å². The molecule has 0 fully saturated rings. The third-order valence-electron chi connectivity index (χ3n) is 10.4. The first kappa shape index (κ1) is 30.2. The van der Waals surface area contributed by atoms with Gasteiger partial charge in [0.25, 0.3) is 0 Å². The van der Waals surface area contributed by atoms with E-state index in [0.717, 1.165) is 11.1 Å². The van der Waals surface area contributed by atoms with E-state index in [9.17, 15) is 0 Å². The van der Waals surface area contributed by atoms with Crippen LogP contribution in [0.5, 0.6) is 0 Å². The first-order valence-corrected chi connectivity index (χ1v) is 21.1. The summed E-state index contributed by atoms with van der Waals surface area (Å²) < 4.78 is 0. The van der Waals surface area contributed by atoms with E-state index in [-0.39, 0.29) is 0 Å². The van der Waals surface area contributed by atoms with Crippen LogP contribution in [0.2, 0.25) is 35.3 Å². The van der Waals surface area contributed by atoms with E-state index >= 15 is 0 Å². The average molecular weight is 583 g/mol. The summed E-state index contributed by atoms with van der Waals surface area (Å²) in [6.07, 6.45) is 0. The number of benzene rings is 5. The molecular formula is C40H46Si2. The van der Waals surface area contributed by atoms with Gasteiger partial charge in [-0.15, -0.1) is 11.1 Å². The fourth-order valence-corrected chi connectivity index (χ4v) is 13.2. The standard InChI is InChI=1S/C40H46Si2/c1-9-41(10-2,29(5)6)19-17-33-23-37-27-39-25-35-21-31-15-13-14-16-32(31)22-36(35)26-40(39)28-38(37)24-34(33)18-20-42(11-3,12-4)30(7)8/h13-16,21-30H,9-12H2,1-8H3. The molecule has 214 valence electrons. The summed E-state index contributed by atoms with van der Waals surface area (Å²) in [6, 6.07) is 32.2. The van der Waals surface area contributed by atoms with Gasteiger partial charge in [0.05, 0.1) is 0 Å². The monoisotopic (exact) mass is 582 g/mol. The average Bonchev–Trinajstić information content (AvgIpc) is 2.99. The molecule has 0 aliphatic rings. The van der Waals surface area contributed by atoms with Gasteiger partial charge in [0.15, 0.2) is 0 Å². The Balaban J connectivity index is 1.75. The molecule has 0 aromatic heterocycles. The Morgan fingerprint density at radius 3 is 1.02 bits per heavy atom. The van der Waals surface area contributed by atoms with Gasteiger partial charge in [-0.25, -0.2) is 0 Å². The van der Waals surface area contributed by atoms with Crippen LogP contribution in [-0.2, 0) is 0 Å². The fourth-order valence-electron chi connectivity index (χ4n) is 6.86. The number of fused-ring (bicyclic) bond motifs is 4. The molecule has 0 aliphatic heterocycles. The highest BCUT2D eigenvalue weighted by atomic mass is 28.3. The van der Waals surface area contributed by atoms with E-state index < -0.39 is 16.1 Å². The topological polar surface area (TPSA) is 0 Å². The highest BCUT2D eigenvalue weighted by molar-refractivity contribution is 6.88. The molecule has 2 heteroatoms. The van der Waals surface area contributed by atoms with E-state index in [2.05, 4.69) is 151 Å². The normalized spacial score (nSPS) is 12.2. The maximum atomic E-state index is 3.91. The zero-order valence-electron chi connectivity index (χ0n) is 26.9. The second-order valence-electron chi connectivity index (χ2n) is 12.9. The summed E-state index contributed by atoms with van der Waals surface area (Å²) in [5, 5.41) is 10.2. The lowest BCUT2D eigenvalue weighted by atomic mass is 9.95. The number of rotatable bonds is 6. The zero-order chi connectivity index (χ0) is 30.1. The number of hydrogen-bond donors (Lipinski definition) is 0. The fraction of sp³-hybridized carbons (Fsp3) is 0.350. The van der Waals surface area contributed by atoms with Gasteiger partial charge in [-0.1, -0.05) is 91.5 Å². The molecular weight excluding hydrogens is 537 g/mol. The van der Waals surface area contributed by atoms with Crippen LogP contribution in [0, 0.1) is 22.9 Å². The molecule has 0 saturated heterocycles. The SMILES string of the molecule is CC[Si](C#Cc1cc2cc3cc4cc5ccccc5cc4cc3cc2cc1C#C[Si](CC)(CC)C(C)C)(CC)C(C)C. The molecule has 0 radical (unpaired) electrons. The molecule has 0 atom stereocenters. The maximum absolute atomic E-state index is 3.91. The summed E-state index contributed by atoms with van der Waals surface area (Å²) in [6.45, 7) is 18.9. The van der Waals surface area contributed by atoms with Gasteiger partial charge in [-0.3, -0.25) is 0 Å². The van der Waals surface area contributed by atoms with E-state index in [1.807, 2.05) is 0 Å². The lowest BCUT2D eigenvalue weighted by Gasteiger charge is -2.27. The molecule has 0 amide bonds. The number of hydrogen-bond acceptors (Lipinski definition) is 0. The van der Waals surface area contributed by atoms with Crippen molar-refractivity contribution in [2.75, 3.05) is 0 Å². The molecule has 0 spiro atoms. The molecule has 0 heterocycles. The first-order chi connectivity index (χ1) is 20.2. The first-order valence-electron chi connectivity index (χ1n) is 16.1. The van der Waals surface area contributed by atoms with E-state index in [1.54, 1.807) is 0 Å². The predicted molar refractivity (Wildman–Crippen MR) is 194 cm³/mol. The zero-order valence-corrected chi connectivity index (χ0v) is 28.9. The van der Waals surface area contributed by atoms with Gasteiger partial charge in [0, 0.05) is 11.1 Å². The molecule has 0 unspecified atom stereocenters. The van der Waals surface area contributed by atoms with Crippen molar-refractivity contribution in [2.45, 2.75) is 90.6 Å². The van der Waals surface area contributed by atoms with Crippen molar-refractivity contribution in [3.63, 3.8) is 0 Å². The summed E-state index contributed by atoms with van der Waals surface area (Å²) in [5.41, 5.74) is 11.3. The molecule has 5 aromatic rings. The highest BCUT2D eigenvalue weighted by Crippen LogP contribution is 2.33. The van der Waals surface area contributed by atoms with Crippen LogP contribution in [0.3, 0.4) is 0 Å². The van der Waals surface area contributed by atoms with Crippen LogP contribution in [-0.4, -0.2) is 16.1 Å². The van der Waals surface area contributed by atoms with Crippen molar-refractivity contribution in [2.24, 2.45) is 0 Å². The minimum atomic E-state index is -1.68. The van der Waals surface area contributed by atoms with Crippen LogP contribution in [0.1, 0.15) is 66.5 Å². The van der Waals surface area contributed by atoms with E-state index in [1.165, 1.54) is 67.3 Å². The maximum Gasteiger partial charge on any atom is 0.140 e. The van der Waals surface area contributed by atoms with Crippen LogP contribution in [0.15, 0.2) is 72.8 Å². The van der Waals surface area contributed by atoms with Gasteiger partial charge in [0.1, 0.15) is 16.1 Å². The Morgan fingerprint density at radius 1 is 0.452 bits per heavy atom. The van der Waals surface area contributed by atoms with Gasteiger partial charge < -0.3 is 0 Å². The molecule has 42 heavy (non-hydrogen) atoms. The minimum absolute atomic E-state index is 0.643. The van der Waals surface area contributed by atoms with E-state index in [4.69, 9.17) is 0 Å². The summed E-state index contributed by atoms with van der Waals surface area (Å²) in [4.78, 5) is 0. The predicted octanol–water partition coefficient (Wildman–Crippen LogP) is 11.9. The Labute approximate surface area is 255 Å². The largest absolute Gasteiger partial charge is 0.140 e. The van der Waals surface area contributed by atoms with Crippen molar-refractivity contribution in [1.29, 1.82) is 0 Å². The molecule has 0 bridgehead atoms. The van der Waals surface area contributed by atoms with Gasteiger partial charge >= 0.3 is 0 Å². The lowest BCUT2D eigenvalue weighted by molar-refractivity contribution is 0.982. The quantitative estimate of drug-likeness (QED) is 0.106. The summed E-state index contributed by atoms with van der Waals surface area (Å²) in [5.74, 6) is 7.51. The minimum Gasteiger partial charge on any atom is -0.126 e. The Hall–Kier alpha value is -3.31. The second kappa shape index (κ2) is 12.1. The van der Waals surface area contributed by atoms with Crippen LogP contribution < -0.4 is 0 Å². The Bertz CT molecular complexity index is 1760. The molecule has 5 aromatic carbocycles. The van der Waals surface area contributed by atoms with Crippen LogP contribution in [0.4, 0.5) is 0 Å². The molecule has 0 saturated carbocycles. The Kier molecular flexibility index (Phi) is 8.71. The smallest absolute Gasteiger partial charge is 0.126 e. The van der Waals surface area contributed by atoms with Crippen molar-refractivity contribution in [3.05, 3.63) is 83.9 Å². The van der Waals surface area contributed by atoms with Crippen LogP contribution in [0.25, 0.3) is 43.1 Å². The third kappa shape index (κ3) is 5.56. The Morgan fingerprint density at radius 2 is 0.738 bits per heavy atom. The molecule has 0 nitrogen and oxygen atoms in total. The van der Waals surface area contributed by atoms with Crippen LogP contribution >= 0.6 is 0 Å².